The first-order valence-corrected chi connectivity index (χ1v) is 8.67. The average molecular weight is 352 g/mol. The molecule has 0 bridgehead atoms. The molecule has 0 aliphatic heterocycles. The van der Waals surface area contributed by atoms with Crippen molar-refractivity contribution in [2.45, 2.75) is 90.0 Å². The fourth-order valence-corrected chi connectivity index (χ4v) is 2.37. The summed E-state index contributed by atoms with van der Waals surface area (Å²) in [6, 6.07) is -1.26. The maximum Gasteiger partial charge on any atom is 2.00 e. The number of aliphatic carboxylic acids is 2. The van der Waals surface area contributed by atoms with E-state index in [9.17, 15) is 24.6 Å². The predicted molar refractivity (Wildman–Crippen MR) is 88.8 cm³/mol. The third kappa shape index (κ3) is 16.0. The first-order valence-electron chi connectivity index (χ1n) is 8.67. The van der Waals surface area contributed by atoms with Crippen molar-refractivity contribution in [1.82, 2.24) is 5.32 Å². The van der Waals surface area contributed by atoms with Gasteiger partial charge in [-0.1, -0.05) is 58.3 Å². The normalized spacial score (nSPS) is 11.4. The number of rotatable bonds is 15. The molecule has 0 heterocycles. The number of unbranched alkanes of at least 4 members (excludes halogenated alkanes) is 8. The summed E-state index contributed by atoms with van der Waals surface area (Å²) in [6.45, 7) is 2.19. The van der Waals surface area contributed by atoms with E-state index in [-0.39, 0.29) is 41.8 Å². The van der Waals surface area contributed by atoms with Crippen molar-refractivity contribution in [3.05, 3.63) is 0 Å². The number of carboxylic acids is 2. The molecule has 0 unspecified atom stereocenters. The topological polar surface area (TPSA) is 109 Å². The molecule has 0 saturated carbocycles. The molecule has 0 saturated heterocycles. The van der Waals surface area contributed by atoms with Gasteiger partial charge in [-0.3, -0.25) is 4.79 Å². The van der Waals surface area contributed by atoms with Gasteiger partial charge in [-0.05, 0) is 19.3 Å². The number of nitrogens with one attached hydrogen (secondary N) is 1. The Bertz CT molecular complexity index is 363. The molecule has 0 radical (unpaired) electrons. The molecule has 0 aliphatic rings. The van der Waals surface area contributed by atoms with Crippen LogP contribution in [0.1, 0.15) is 84.0 Å². The van der Waals surface area contributed by atoms with E-state index in [2.05, 4.69) is 12.2 Å². The minimum atomic E-state index is -1.47. The Balaban J connectivity index is 0. The zero-order valence-corrected chi connectivity index (χ0v) is 16.2. The summed E-state index contributed by atoms with van der Waals surface area (Å²) in [5, 5.41) is 23.5. The molecule has 1 amide bonds. The van der Waals surface area contributed by atoms with E-state index in [1.165, 1.54) is 38.5 Å². The van der Waals surface area contributed by atoms with E-state index in [0.29, 0.717) is 6.42 Å². The van der Waals surface area contributed by atoms with Gasteiger partial charge in [-0.15, -0.1) is 0 Å². The van der Waals surface area contributed by atoms with Crippen LogP contribution in [-0.4, -0.2) is 46.9 Å². The van der Waals surface area contributed by atoms with Gasteiger partial charge < -0.3 is 25.1 Å². The van der Waals surface area contributed by atoms with Crippen LogP contribution in [0.2, 0.25) is 0 Å². The SMILES string of the molecule is CCCCCCCCCCCC(=O)N[C@H](CCC(=O)[O-])C(=O)[O-].[Mg+2]. The van der Waals surface area contributed by atoms with Gasteiger partial charge in [-0.2, -0.15) is 0 Å². The maximum atomic E-state index is 11.6. The minimum absolute atomic E-state index is 0. The Morgan fingerprint density at radius 1 is 0.833 bits per heavy atom. The Morgan fingerprint density at radius 3 is 1.79 bits per heavy atom. The quantitative estimate of drug-likeness (QED) is 0.337. The molecule has 0 aliphatic carbocycles. The second-order valence-electron chi connectivity index (χ2n) is 5.93. The minimum Gasteiger partial charge on any atom is -0.550 e. The number of carboxylic acid groups (broad SMARTS) is 2. The first kappa shape index (κ1) is 25.4. The molecule has 1 atom stereocenters. The van der Waals surface area contributed by atoms with E-state index < -0.39 is 24.4 Å². The molecule has 6 nitrogen and oxygen atoms in total. The smallest absolute Gasteiger partial charge is 0.550 e. The van der Waals surface area contributed by atoms with Crippen molar-refractivity contribution >= 4 is 40.9 Å². The monoisotopic (exact) mass is 351 g/mol. The molecule has 134 valence electrons. The Morgan fingerprint density at radius 2 is 1.33 bits per heavy atom. The number of carbonyl (C=O) groups is 3. The summed E-state index contributed by atoms with van der Waals surface area (Å²) in [5.41, 5.74) is 0. The second-order valence-corrected chi connectivity index (χ2v) is 5.93. The van der Waals surface area contributed by atoms with Crippen LogP contribution in [0.3, 0.4) is 0 Å². The van der Waals surface area contributed by atoms with Crippen LogP contribution < -0.4 is 15.5 Å². The van der Waals surface area contributed by atoms with Gasteiger partial charge in [0.15, 0.2) is 0 Å². The fourth-order valence-electron chi connectivity index (χ4n) is 2.37. The van der Waals surface area contributed by atoms with Gasteiger partial charge >= 0.3 is 23.1 Å². The van der Waals surface area contributed by atoms with Gasteiger partial charge in [-0.25, -0.2) is 0 Å². The van der Waals surface area contributed by atoms with Crippen LogP contribution in [0.15, 0.2) is 0 Å². The molecule has 0 aromatic heterocycles. The standard InChI is InChI=1S/C17H31NO5.Mg/c1-2-3-4-5-6-7-8-9-10-11-15(19)18-14(17(22)23)12-13-16(20)21;/h14H,2-13H2,1H3,(H,18,19)(H,20,21)(H,22,23);/q;+2/p-2/t14-;/m1./s1. The molecule has 7 heteroatoms. The Hall–Kier alpha value is -0.824. The summed E-state index contributed by atoms with van der Waals surface area (Å²) in [4.78, 5) is 32.8. The third-order valence-electron chi connectivity index (χ3n) is 3.76. The Kier molecular flexibility index (Phi) is 18.0. The maximum absolute atomic E-state index is 11.6. The molecule has 0 aromatic rings. The van der Waals surface area contributed by atoms with Crippen LogP contribution >= 0.6 is 0 Å². The summed E-state index contributed by atoms with van der Waals surface area (Å²) in [7, 11) is 0. The largest absolute Gasteiger partial charge is 2.00 e. The van der Waals surface area contributed by atoms with Gasteiger partial charge in [0, 0.05) is 12.4 Å². The third-order valence-corrected chi connectivity index (χ3v) is 3.76. The number of hydrogen-bond donors (Lipinski definition) is 1. The van der Waals surface area contributed by atoms with Crippen molar-refractivity contribution in [3.8, 4) is 0 Å². The van der Waals surface area contributed by atoms with Crippen LogP contribution in [-0.2, 0) is 14.4 Å². The Labute approximate surface area is 160 Å². The number of amides is 1. The van der Waals surface area contributed by atoms with Crippen LogP contribution in [0.25, 0.3) is 0 Å². The number of hydrogen-bond acceptors (Lipinski definition) is 5. The van der Waals surface area contributed by atoms with Crippen molar-refractivity contribution in [2.24, 2.45) is 0 Å². The molecule has 24 heavy (non-hydrogen) atoms. The van der Waals surface area contributed by atoms with Crippen LogP contribution in [0.5, 0.6) is 0 Å². The van der Waals surface area contributed by atoms with Crippen molar-refractivity contribution < 1.29 is 24.6 Å². The second kappa shape index (κ2) is 17.0. The van der Waals surface area contributed by atoms with Crippen LogP contribution in [0.4, 0.5) is 0 Å². The summed E-state index contributed by atoms with van der Waals surface area (Å²) in [5.74, 6) is -3.18. The van der Waals surface area contributed by atoms with Crippen molar-refractivity contribution in [1.29, 1.82) is 0 Å². The van der Waals surface area contributed by atoms with E-state index in [4.69, 9.17) is 0 Å². The zero-order chi connectivity index (χ0) is 17.5. The van der Waals surface area contributed by atoms with E-state index >= 15 is 0 Å². The zero-order valence-electron chi connectivity index (χ0n) is 14.8. The molecule has 0 spiro atoms. The van der Waals surface area contributed by atoms with E-state index in [0.717, 1.165) is 12.8 Å². The molecular formula is C17H29MgNO5. The molecule has 0 rings (SSSR count). The molecule has 0 fully saturated rings. The number of carbonyl (C=O) groups excluding carboxylic acids is 3. The van der Waals surface area contributed by atoms with E-state index in [1.54, 1.807) is 0 Å². The summed E-state index contributed by atoms with van der Waals surface area (Å²) < 4.78 is 0. The first-order chi connectivity index (χ1) is 11.0. The van der Waals surface area contributed by atoms with Crippen molar-refractivity contribution in [2.75, 3.05) is 0 Å². The van der Waals surface area contributed by atoms with Gasteiger partial charge in [0.05, 0.1) is 12.0 Å². The average Bonchev–Trinajstić information content (AvgIpc) is 2.49. The molecule has 1 N–H and O–H groups in total. The van der Waals surface area contributed by atoms with Crippen LogP contribution in [0, 0.1) is 0 Å². The fraction of sp³-hybridized carbons (Fsp3) is 0.824. The summed E-state index contributed by atoms with van der Waals surface area (Å²) in [6.07, 6.45) is 9.82. The van der Waals surface area contributed by atoms with Gasteiger partial charge in [0.1, 0.15) is 0 Å². The van der Waals surface area contributed by atoms with Crippen molar-refractivity contribution in [3.63, 3.8) is 0 Å². The van der Waals surface area contributed by atoms with Gasteiger partial charge in [0.25, 0.3) is 0 Å². The van der Waals surface area contributed by atoms with Gasteiger partial charge in [0.2, 0.25) is 5.91 Å². The molecular weight excluding hydrogens is 322 g/mol. The summed E-state index contributed by atoms with van der Waals surface area (Å²) >= 11 is 0. The molecule has 0 aromatic carbocycles. The predicted octanol–water partition coefficient (Wildman–Crippen LogP) is 0.291. The van der Waals surface area contributed by atoms with E-state index in [1.807, 2.05) is 0 Å².